The van der Waals surface area contributed by atoms with Crippen molar-refractivity contribution in [2.45, 2.75) is 19.4 Å². The highest BCUT2D eigenvalue weighted by Gasteiger charge is 2.21. The number of hydrogen-bond donors (Lipinski definition) is 1. The maximum Gasteiger partial charge on any atom is 0.227 e. The Labute approximate surface area is 142 Å². The summed E-state index contributed by atoms with van der Waals surface area (Å²) in [4.78, 5) is 20.1. The molecular formula is C15H21IN4O. The van der Waals surface area contributed by atoms with E-state index >= 15 is 0 Å². The van der Waals surface area contributed by atoms with Crippen LogP contribution in [0, 0.1) is 0 Å². The number of guanidine groups is 1. The van der Waals surface area contributed by atoms with E-state index in [4.69, 9.17) is 0 Å². The molecule has 114 valence electrons. The monoisotopic (exact) mass is 400 g/mol. The highest BCUT2D eigenvalue weighted by Crippen LogP contribution is 2.21. The van der Waals surface area contributed by atoms with Crippen molar-refractivity contribution in [2.24, 2.45) is 4.99 Å². The molecule has 0 spiro atoms. The van der Waals surface area contributed by atoms with Gasteiger partial charge in [-0.3, -0.25) is 9.79 Å². The Morgan fingerprint density at radius 1 is 1.24 bits per heavy atom. The molecule has 6 heteroatoms. The molecule has 2 heterocycles. The van der Waals surface area contributed by atoms with E-state index in [1.54, 1.807) is 0 Å². The molecule has 3 rings (SSSR count). The molecule has 1 amide bonds. The van der Waals surface area contributed by atoms with Crippen molar-refractivity contribution in [3.05, 3.63) is 29.8 Å². The molecule has 1 saturated heterocycles. The van der Waals surface area contributed by atoms with E-state index in [-0.39, 0.29) is 29.9 Å². The Hall–Kier alpha value is -1.31. The van der Waals surface area contributed by atoms with Crippen LogP contribution in [0.5, 0.6) is 0 Å². The number of anilines is 1. The lowest BCUT2D eigenvalue weighted by Gasteiger charge is -2.17. The first-order valence-corrected chi connectivity index (χ1v) is 7.13. The summed E-state index contributed by atoms with van der Waals surface area (Å²) < 4.78 is 0. The van der Waals surface area contributed by atoms with E-state index < -0.39 is 0 Å². The second-order valence-corrected chi connectivity index (χ2v) is 5.30. The highest BCUT2D eigenvalue weighted by molar-refractivity contribution is 14.0. The largest absolute Gasteiger partial charge is 0.352 e. The number of rotatable bonds is 3. The van der Waals surface area contributed by atoms with Gasteiger partial charge in [-0.05, 0) is 24.1 Å². The van der Waals surface area contributed by atoms with Crippen molar-refractivity contribution in [1.82, 2.24) is 10.2 Å². The van der Waals surface area contributed by atoms with Gasteiger partial charge in [0.1, 0.15) is 0 Å². The third-order valence-corrected chi connectivity index (χ3v) is 3.83. The zero-order valence-corrected chi connectivity index (χ0v) is 14.5. The minimum atomic E-state index is 0. The molecule has 0 unspecified atom stereocenters. The number of aliphatic imine (C=N–C) groups is 1. The summed E-state index contributed by atoms with van der Waals surface area (Å²) in [5.41, 5.74) is 2.20. The summed E-state index contributed by atoms with van der Waals surface area (Å²) in [7, 11) is 2.04. The Morgan fingerprint density at radius 3 is 2.57 bits per heavy atom. The summed E-state index contributed by atoms with van der Waals surface area (Å²) in [6.07, 6.45) is 1.64. The molecule has 2 aliphatic heterocycles. The number of amides is 1. The van der Waals surface area contributed by atoms with E-state index in [0.29, 0.717) is 6.42 Å². The SMILES string of the molecule is CN1CCN=C1NCc1ccc(N2CCCC2=O)cc1.I. The minimum Gasteiger partial charge on any atom is -0.352 e. The summed E-state index contributed by atoms with van der Waals surface area (Å²) in [5, 5.41) is 3.34. The van der Waals surface area contributed by atoms with Crippen LogP contribution in [0.15, 0.2) is 29.3 Å². The lowest BCUT2D eigenvalue weighted by atomic mass is 10.2. The van der Waals surface area contributed by atoms with Crippen LogP contribution in [0.1, 0.15) is 18.4 Å². The van der Waals surface area contributed by atoms with Gasteiger partial charge in [-0.2, -0.15) is 0 Å². The van der Waals surface area contributed by atoms with Crippen molar-refractivity contribution >= 4 is 41.5 Å². The van der Waals surface area contributed by atoms with Gasteiger partial charge in [0.25, 0.3) is 0 Å². The summed E-state index contributed by atoms with van der Waals surface area (Å²) in [5.74, 6) is 1.20. The second-order valence-electron chi connectivity index (χ2n) is 5.30. The highest BCUT2D eigenvalue weighted by atomic mass is 127. The van der Waals surface area contributed by atoms with Crippen LogP contribution < -0.4 is 10.2 Å². The lowest BCUT2D eigenvalue weighted by Crippen LogP contribution is -2.35. The molecule has 0 bridgehead atoms. The third kappa shape index (κ3) is 3.66. The average molecular weight is 400 g/mol. The molecule has 0 atom stereocenters. The van der Waals surface area contributed by atoms with Crippen LogP contribution in [-0.4, -0.2) is 43.4 Å². The van der Waals surface area contributed by atoms with E-state index in [0.717, 1.165) is 44.2 Å². The molecule has 1 fully saturated rings. The predicted molar refractivity (Wildman–Crippen MR) is 95.2 cm³/mol. The van der Waals surface area contributed by atoms with Crippen molar-refractivity contribution in [2.75, 3.05) is 31.6 Å². The second kappa shape index (κ2) is 7.11. The topological polar surface area (TPSA) is 47.9 Å². The number of nitrogens with zero attached hydrogens (tertiary/aromatic N) is 3. The number of likely N-dealkylation sites (N-methyl/N-ethyl adjacent to an activating group) is 1. The fourth-order valence-electron chi connectivity index (χ4n) is 2.62. The van der Waals surface area contributed by atoms with Crippen LogP contribution in [0.25, 0.3) is 0 Å². The fourth-order valence-corrected chi connectivity index (χ4v) is 2.62. The van der Waals surface area contributed by atoms with Gasteiger partial charge in [0.2, 0.25) is 5.91 Å². The molecule has 2 aliphatic rings. The summed E-state index contributed by atoms with van der Waals surface area (Å²) in [6, 6.07) is 8.20. The van der Waals surface area contributed by atoms with Crippen LogP contribution in [0.2, 0.25) is 0 Å². The van der Waals surface area contributed by atoms with Crippen LogP contribution in [0.4, 0.5) is 5.69 Å². The molecule has 1 N–H and O–H groups in total. The number of benzene rings is 1. The molecule has 21 heavy (non-hydrogen) atoms. The zero-order valence-electron chi connectivity index (χ0n) is 12.2. The van der Waals surface area contributed by atoms with Crippen molar-refractivity contribution in [3.63, 3.8) is 0 Å². The summed E-state index contributed by atoms with van der Waals surface area (Å²) >= 11 is 0. The molecule has 0 saturated carbocycles. The average Bonchev–Trinajstić information content (AvgIpc) is 3.06. The van der Waals surface area contributed by atoms with Crippen molar-refractivity contribution < 1.29 is 4.79 Å². The van der Waals surface area contributed by atoms with Crippen molar-refractivity contribution in [3.8, 4) is 0 Å². The van der Waals surface area contributed by atoms with Gasteiger partial charge in [0.15, 0.2) is 5.96 Å². The van der Waals surface area contributed by atoms with E-state index in [1.165, 1.54) is 5.56 Å². The number of carbonyl (C=O) groups is 1. The van der Waals surface area contributed by atoms with Gasteiger partial charge in [0, 0.05) is 38.8 Å². The molecule has 5 nitrogen and oxygen atoms in total. The third-order valence-electron chi connectivity index (χ3n) is 3.83. The number of halogens is 1. The number of carbonyl (C=O) groups excluding carboxylic acids is 1. The van der Waals surface area contributed by atoms with Gasteiger partial charge in [-0.25, -0.2) is 0 Å². The molecule has 0 aromatic heterocycles. The first kappa shape index (κ1) is 16.1. The Kier molecular flexibility index (Phi) is 5.44. The van der Waals surface area contributed by atoms with E-state index in [2.05, 4.69) is 27.3 Å². The Balaban J connectivity index is 0.00000161. The summed E-state index contributed by atoms with van der Waals surface area (Å²) in [6.45, 7) is 3.46. The Morgan fingerprint density at radius 2 is 2.00 bits per heavy atom. The zero-order chi connectivity index (χ0) is 13.9. The van der Waals surface area contributed by atoms with E-state index in [1.807, 2.05) is 24.1 Å². The van der Waals surface area contributed by atoms with Gasteiger partial charge in [-0.15, -0.1) is 24.0 Å². The smallest absolute Gasteiger partial charge is 0.227 e. The van der Waals surface area contributed by atoms with Crippen LogP contribution >= 0.6 is 24.0 Å². The minimum absolute atomic E-state index is 0. The lowest BCUT2D eigenvalue weighted by molar-refractivity contribution is -0.117. The normalized spacial score (nSPS) is 17.8. The molecule has 1 aromatic carbocycles. The molecule has 0 radical (unpaired) electrons. The number of nitrogens with one attached hydrogen (secondary N) is 1. The molecular weight excluding hydrogens is 379 g/mol. The van der Waals surface area contributed by atoms with Gasteiger partial charge in [0.05, 0.1) is 6.54 Å². The Bertz CT molecular complexity index is 529. The van der Waals surface area contributed by atoms with Gasteiger partial charge in [-0.1, -0.05) is 12.1 Å². The molecule has 1 aromatic rings. The maximum absolute atomic E-state index is 11.7. The maximum atomic E-state index is 11.7. The van der Waals surface area contributed by atoms with Gasteiger partial charge < -0.3 is 15.1 Å². The first-order valence-electron chi connectivity index (χ1n) is 7.13. The van der Waals surface area contributed by atoms with Crippen molar-refractivity contribution in [1.29, 1.82) is 0 Å². The quantitative estimate of drug-likeness (QED) is 0.788. The standard InChI is InChI=1S/C15H20N4O.HI/c1-18-10-8-16-15(18)17-11-12-4-6-13(7-5-12)19-9-2-3-14(19)20;/h4-7H,2-3,8-11H2,1H3,(H,16,17);1H. The van der Waals surface area contributed by atoms with E-state index in [9.17, 15) is 4.79 Å². The van der Waals surface area contributed by atoms with Crippen LogP contribution in [-0.2, 0) is 11.3 Å². The molecule has 0 aliphatic carbocycles. The van der Waals surface area contributed by atoms with Gasteiger partial charge >= 0.3 is 0 Å². The predicted octanol–water partition coefficient (Wildman–Crippen LogP) is 1.82. The fraction of sp³-hybridized carbons (Fsp3) is 0.467. The number of hydrogen-bond acceptors (Lipinski definition) is 4. The first-order chi connectivity index (χ1) is 9.74. The van der Waals surface area contributed by atoms with Crippen LogP contribution in [0.3, 0.4) is 0 Å².